The number of nitrogens with zero attached hydrogens (tertiary/aromatic N) is 2. The Labute approximate surface area is 263 Å². The zero-order valence-electron chi connectivity index (χ0n) is 25.3. The Balaban J connectivity index is 1.11. The van der Waals surface area contributed by atoms with Gasteiger partial charge in [0, 0.05) is 11.6 Å². The van der Waals surface area contributed by atoms with Crippen LogP contribution in [-0.2, 0) is 40.6 Å². The van der Waals surface area contributed by atoms with Crippen LogP contribution in [0.4, 0.5) is 4.79 Å². The lowest BCUT2D eigenvalue weighted by molar-refractivity contribution is -0.161. The van der Waals surface area contributed by atoms with Crippen molar-refractivity contribution in [2.75, 3.05) is 53.5 Å². The molecule has 17 nitrogen and oxygen atoms in total. The number of ether oxygens (including phenoxy) is 2. The molecule has 4 amide bonds. The van der Waals surface area contributed by atoms with E-state index in [-0.39, 0.29) is 6.04 Å². The van der Waals surface area contributed by atoms with Crippen molar-refractivity contribution in [3.63, 3.8) is 0 Å². The number of likely N-dealkylation sites (tertiary alicyclic amines) is 1. The van der Waals surface area contributed by atoms with E-state index in [2.05, 4.69) is 26.0 Å². The number of hydrogen-bond acceptors (Lipinski definition) is 12. The molecular weight excluding hydrogens is 608 g/mol. The van der Waals surface area contributed by atoms with Crippen molar-refractivity contribution in [3.05, 3.63) is 23.3 Å². The molecule has 17 heteroatoms. The molecule has 248 valence electrons. The van der Waals surface area contributed by atoms with E-state index in [1.807, 2.05) is 19.2 Å². The quantitative estimate of drug-likeness (QED) is 0.0975. The molecule has 46 heavy (non-hydrogen) atoms. The van der Waals surface area contributed by atoms with Crippen LogP contribution in [-0.4, -0.2) is 127 Å². The summed E-state index contributed by atoms with van der Waals surface area (Å²) >= 11 is 0. The minimum absolute atomic E-state index is 0.0932. The number of carbonyl (C=O) groups is 6. The Morgan fingerprint density at radius 3 is 2.30 bits per heavy atom. The molecule has 4 atom stereocenters. The number of benzene rings is 1. The van der Waals surface area contributed by atoms with Crippen molar-refractivity contribution in [1.82, 2.24) is 26.2 Å². The minimum atomic E-state index is -1.48. The molecule has 5 rings (SSSR count). The van der Waals surface area contributed by atoms with Crippen LogP contribution in [0.2, 0.25) is 0 Å². The second-order valence-electron chi connectivity index (χ2n) is 11.7. The van der Waals surface area contributed by atoms with E-state index in [9.17, 15) is 33.9 Å². The van der Waals surface area contributed by atoms with E-state index >= 15 is 0 Å². The molecule has 2 aliphatic carbocycles. The molecule has 1 spiro atoms. The fourth-order valence-corrected chi connectivity index (χ4v) is 7.04. The number of piperidine rings is 1. The third-order valence-corrected chi connectivity index (χ3v) is 9.18. The van der Waals surface area contributed by atoms with Crippen LogP contribution < -0.4 is 30.7 Å². The molecule has 0 radical (unpaired) electrons. The van der Waals surface area contributed by atoms with Gasteiger partial charge in [-0.15, -0.1) is 0 Å². The summed E-state index contributed by atoms with van der Waals surface area (Å²) in [5, 5.41) is 33.4. The third-order valence-electron chi connectivity index (χ3n) is 9.18. The maximum Gasteiger partial charge on any atom is 0.405 e. The molecule has 1 aromatic rings. The molecule has 1 unspecified atom stereocenters. The first-order chi connectivity index (χ1) is 21.9. The van der Waals surface area contributed by atoms with E-state index in [4.69, 9.17) is 19.4 Å². The number of nitrogens with one attached hydrogen (secondary N) is 4. The van der Waals surface area contributed by atoms with Crippen LogP contribution in [0.1, 0.15) is 30.4 Å². The van der Waals surface area contributed by atoms with Gasteiger partial charge in [-0.05, 0) is 50.9 Å². The molecule has 0 aromatic heterocycles. The van der Waals surface area contributed by atoms with Gasteiger partial charge in [0.05, 0.1) is 50.0 Å². The molecule has 4 aliphatic rings. The van der Waals surface area contributed by atoms with Crippen LogP contribution in [0.15, 0.2) is 17.3 Å². The third kappa shape index (κ3) is 5.82. The van der Waals surface area contributed by atoms with E-state index in [1.165, 1.54) is 0 Å². The zero-order chi connectivity index (χ0) is 33.2. The summed E-state index contributed by atoms with van der Waals surface area (Å²) in [6.45, 7) is -2.14. The smallest absolute Gasteiger partial charge is 0.405 e. The summed E-state index contributed by atoms with van der Waals surface area (Å²) in [5.41, 5.74) is 0.832. The summed E-state index contributed by atoms with van der Waals surface area (Å²) in [5.74, 6) is -3.00. The lowest BCUT2D eigenvalue weighted by Gasteiger charge is -2.62. The highest BCUT2D eigenvalue weighted by Crippen LogP contribution is 2.64. The van der Waals surface area contributed by atoms with Gasteiger partial charge >= 0.3 is 6.09 Å². The lowest BCUT2D eigenvalue weighted by atomic mass is 9.49. The number of Topliss-reactive ketones (excluding diaryl/α,β-unsaturated/α-hetero) is 2. The highest BCUT2D eigenvalue weighted by molar-refractivity contribution is 6.39. The van der Waals surface area contributed by atoms with Crippen molar-refractivity contribution in [1.29, 1.82) is 0 Å². The number of oxime groups is 1. The van der Waals surface area contributed by atoms with Crippen LogP contribution in [0, 0.1) is 0 Å². The molecule has 2 heterocycles. The normalized spacial score (nSPS) is 26.2. The molecule has 2 fully saturated rings. The Kier molecular flexibility index (Phi) is 9.16. The van der Waals surface area contributed by atoms with E-state index in [0.29, 0.717) is 42.9 Å². The highest BCUT2D eigenvalue weighted by Gasteiger charge is 2.72. The molecule has 1 aromatic carbocycles. The number of carboxylic acid groups (broad SMARTS) is 1. The Morgan fingerprint density at radius 2 is 1.63 bits per heavy atom. The van der Waals surface area contributed by atoms with Gasteiger partial charge in [0.25, 0.3) is 5.91 Å². The Morgan fingerprint density at radius 1 is 0.978 bits per heavy atom. The van der Waals surface area contributed by atoms with Gasteiger partial charge in [0.15, 0.2) is 24.2 Å². The van der Waals surface area contributed by atoms with E-state index < -0.39 is 85.3 Å². The predicted molar refractivity (Wildman–Crippen MR) is 156 cm³/mol. The second kappa shape index (κ2) is 12.9. The van der Waals surface area contributed by atoms with Gasteiger partial charge in [-0.25, -0.2) is 4.79 Å². The first-order valence-corrected chi connectivity index (χ1v) is 14.7. The maximum atomic E-state index is 12.3. The predicted octanol–water partition coefficient (Wildman–Crippen LogP) is -2.39. The maximum absolute atomic E-state index is 12.3. The number of carbonyl (C=O) groups excluding carboxylic acids is 5. The van der Waals surface area contributed by atoms with Gasteiger partial charge in [-0.1, -0.05) is 11.2 Å². The lowest BCUT2D eigenvalue weighted by Crippen LogP contribution is -2.76. The van der Waals surface area contributed by atoms with Gasteiger partial charge < -0.3 is 50.7 Å². The van der Waals surface area contributed by atoms with Crippen molar-refractivity contribution >= 4 is 41.1 Å². The van der Waals surface area contributed by atoms with Crippen LogP contribution in [0.3, 0.4) is 0 Å². The van der Waals surface area contributed by atoms with Crippen LogP contribution in [0.5, 0.6) is 11.5 Å². The molecular formula is C29H36N6O11. The Hall–Kier alpha value is -4.77. The van der Waals surface area contributed by atoms with E-state index in [1.54, 1.807) is 12.4 Å². The number of aliphatic hydroxyl groups is 1. The fourth-order valence-electron chi connectivity index (χ4n) is 7.04. The van der Waals surface area contributed by atoms with Crippen LogP contribution >= 0.6 is 0 Å². The molecule has 1 saturated carbocycles. The SMILES string of the molecule is COc1ccc2c3c1O[C@H]1C(=NOCC(=O)NCC(=O)NCC(=O)NCC(=O)C(=O)CNC(=O)O)CC[C@@]4(O)C(C2)N(C)CC[C@]314. The van der Waals surface area contributed by atoms with Gasteiger partial charge in [0.2, 0.25) is 23.4 Å². The minimum Gasteiger partial charge on any atom is -0.493 e. The van der Waals surface area contributed by atoms with Crippen molar-refractivity contribution in [3.8, 4) is 11.5 Å². The molecule has 1 saturated heterocycles. The topological polar surface area (TPSA) is 234 Å². The second-order valence-corrected chi connectivity index (χ2v) is 11.7. The first kappa shape index (κ1) is 32.6. The monoisotopic (exact) mass is 644 g/mol. The summed E-state index contributed by atoms with van der Waals surface area (Å²) in [4.78, 5) is 77.3. The molecule has 2 aliphatic heterocycles. The molecule has 6 N–H and O–H groups in total. The standard InChI is InChI=1S/C29H36N6O11/c1-35-8-7-28-24-15-3-4-19(44-2)25(24)46-26(28)16(5-6-29(28,43)20(35)9-15)34-45-14-23(40)32-13-22(39)31-12-21(38)30-10-17(36)18(37)11-33-27(41)42/h3-4,20,26,33,43H,5-14H2,1-2H3,(H,30,38)(H,31,39)(H,32,40)(H,41,42)/t20?,26-,28-,29+/m0/s1. The number of likely N-dealkylation sites (N-methyl/N-ethyl adjacent to an activating group) is 1. The number of amides is 4. The summed E-state index contributed by atoms with van der Waals surface area (Å²) < 4.78 is 12.1. The number of methoxy groups -OCH3 is 1. The first-order valence-electron chi connectivity index (χ1n) is 14.7. The Bertz CT molecular complexity index is 1500. The van der Waals surface area contributed by atoms with Crippen molar-refractivity contribution in [2.45, 2.75) is 48.8 Å². The highest BCUT2D eigenvalue weighted by atomic mass is 16.6. The van der Waals surface area contributed by atoms with Crippen LogP contribution in [0.25, 0.3) is 0 Å². The summed E-state index contributed by atoms with van der Waals surface area (Å²) in [6.07, 6.45) is 0.0717. The number of hydrogen-bond donors (Lipinski definition) is 6. The summed E-state index contributed by atoms with van der Waals surface area (Å²) in [7, 11) is 3.59. The van der Waals surface area contributed by atoms with Crippen molar-refractivity contribution < 1.29 is 53.3 Å². The average Bonchev–Trinajstić information content (AvgIpc) is 3.39. The van der Waals surface area contributed by atoms with Gasteiger partial charge in [0.1, 0.15) is 0 Å². The van der Waals surface area contributed by atoms with Gasteiger partial charge in [-0.3, -0.25) is 24.0 Å². The summed E-state index contributed by atoms with van der Waals surface area (Å²) in [6, 6.07) is 3.81. The number of ketones is 2. The molecule has 2 bridgehead atoms. The fraction of sp³-hybridized carbons (Fsp3) is 0.552. The van der Waals surface area contributed by atoms with E-state index in [0.717, 1.165) is 17.7 Å². The average molecular weight is 645 g/mol. The van der Waals surface area contributed by atoms with Gasteiger partial charge in [-0.2, -0.15) is 0 Å². The number of rotatable bonds is 13. The largest absolute Gasteiger partial charge is 0.493 e. The zero-order valence-corrected chi connectivity index (χ0v) is 25.3. The van der Waals surface area contributed by atoms with Crippen molar-refractivity contribution in [2.24, 2.45) is 5.16 Å².